The number of rotatable bonds is 4. The average Bonchev–Trinajstić information content (AvgIpc) is 2.44. The first-order chi connectivity index (χ1) is 9.87. The van der Waals surface area contributed by atoms with Gasteiger partial charge in [-0.1, -0.05) is 40.2 Å². The van der Waals surface area contributed by atoms with Gasteiger partial charge in [0.1, 0.15) is 5.82 Å². The van der Waals surface area contributed by atoms with Crippen LogP contribution >= 0.6 is 0 Å². The minimum atomic E-state index is -0.148. The summed E-state index contributed by atoms with van der Waals surface area (Å²) < 4.78 is 13.5. The molecule has 2 atom stereocenters. The lowest BCUT2D eigenvalue weighted by Crippen LogP contribution is -2.50. The maximum absolute atomic E-state index is 13.5. The van der Waals surface area contributed by atoms with Gasteiger partial charge in [-0.3, -0.25) is 0 Å². The first-order valence-electron chi connectivity index (χ1n) is 8.11. The SMILES string of the molecule is CCC1CC(NCC(C)(C)C)CN(c2cccc(F)c2)C1. The van der Waals surface area contributed by atoms with E-state index < -0.39 is 0 Å². The van der Waals surface area contributed by atoms with Crippen LogP contribution in [0.4, 0.5) is 10.1 Å². The Bertz CT molecular complexity index is 453. The molecule has 0 aliphatic carbocycles. The van der Waals surface area contributed by atoms with Crippen LogP contribution in [0.15, 0.2) is 24.3 Å². The first kappa shape index (κ1) is 16.3. The molecule has 3 heteroatoms. The number of hydrogen-bond acceptors (Lipinski definition) is 2. The molecule has 0 spiro atoms. The first-order valence-corrected chi connectivity index (χ1v) is 8.11. The quantitative estimate of drug-likeness (QED) is 0.900. The van der Waals surface area contributed by atoms with E-state index in [0.717, 1.165) is 25.3 Å². The van der Waals surface area contributed by atoms with Crippen molar-refractivity contribution in [2.45, 2.75) is 46.6 Å². The maximum Gasteiger partial charge on any atom is 0.125 e. The molecule has 21 heavy (non-hydrogen) atoms. The summed E-state index contributed by atoms with van der Waals surface area (Å²) in [5.74, 6) is 0.532. The number of nitrogens with one attached hydrogen (secondary N) is 1. The van der Waals surface area contributed by atoms with E-state index in [-0.39, 0.29) is 5.82 Å². The predicted molar refractivity (Wildman–Crippen MR) is 88.3 cm³/mol. The van der Waals surface area contributed by atoms with Crippen molar-refractivity contribution in [3.63, 3.8) is 0 Å². The van der Waals surface area contributed by atoms with E-state index in [0.29, 0.717) is 17.4 Å². The van der Waals surface area contributed by atoms with Crippen LogP contribution in [0.5, 0.6) is 0 Å². The number of hydrogen-bond donors (Lipinski definition) is 1. The van der Waals surface area contributed by atoms with Gasteiger partial charge in [0, 0.05) is 31.4 Å². The third-order valence-electron chi connectivity index (χ3n) is 4.21. The third kappa shape index (κ3) is 4.99. The Hall–Kier alpha value is -1.09. The fraction of sp³-hybridized carbons (Fsp3) is 0.667. The molecule has 1 aliphatic heterocycles. The molecule has 118 valence electrons. The van der Waals surface area contributed by atoms with Crippen LogP contribution in [0, 0.1) is 17.2 Å². The van der Waals surface area contributed by atoms with Gasteiger partial charge in [-0.15, -0.1) is 0 Å². The molecule has 1 heterocycles. The van der Waals surface area contributed by atoms with Crippen LogP contribution < -0.4 is 10.2 Å². The molecule has 0 radical (unpaired) electrons. The number of piperidine rings is 1. The molecule has 0 bridgehead atoms. The van der Waals surface area contributed by atoms with Gasteiger partial charge in [-0.2, -0.15) is 0 Å². The molecule has 2 rings (SSSR count). The highest BCUT2D eigenvalue weighted by Crippen LogP contribution is 2.26. The fourth-order valence-electron chi connectivity index (χ4n) is 2.98. The standard InChI is InChI=1S/C18H29FN2/c1-5-14-9-16(20-13-18(2,3)4)12-21(11-14)17-8-6-7-15(19)10-17/h6-8,10,14,16,20H,5,9,11-13H2,1-4H3. The van der Waals surface area contributed by atoms with E-state index in [1.807, 2.05) is 6.07 Å². The zero-order valence-electron chi connectivity index (χ0n) is 13.8. The molecule has 0 saturated carbocycles. The predicted octanol–water partition coefficient (Wildman–Crippen LogP) is 4.07. The van der Waals surface area contributed by atoms with Crippen molar-refractivity contribution in [2.24, 2.45) is 11.3 Å². The zero-order valence-corrected chi connectivity index (χ0v) is 13.8. The number of anilines is 1. The van der Waals surface area contributed by atoms with Crippen LogP contribution in [0.3, 0.4) is 0 Å². The summed E-state index contributed by atoms with van der Waals surface area (Å²) in [7, 11) is 0. The molecule has 2 nitrogen and oxygen atoms in total. The van der Waals surface area contributed by atoms with Crippen molar-refractivity contribution in [1.82, 2.24) is 5.32 Å². The van der Waals surface area contributed by atoms with Gasteiger partial charge in [0.2, 0.25) is 0 Å². The molecule has 1 aromatic rings. The Balaban J connectivity index is 2.05. The summed E-state index contributed by atoms with van der Waals surface area (Å²) in [6.45, 7) is 12.0. The van der Waals surface area contributed by atoms with Gasteiger partial charge in [-0.25, -0.2) is 4.39 Å². The second-order valence-corrected chi connectivity index (χ2v) is 7.53. The minimum Gasteiger partial charge on any atom is -0.370 e. The number of halogens is 1. The van der Waals surface area contributed by atoms with Crippen molar-refractivity contribution < 1.29 is 4.39 Å². The second-order valence-electron chi connectivity index (χ2n) is 7.53. The topological polar surface area (TPSA) is 15.3 Å². The molecule has 1 aliphatic rings. The normalized spacial score (nSPS) is 23.4. The molecule has 0 aromatic heterocycles. The second kappa shape index (κ2) is 6.78. The summed E-state index contributed by atoms with van der Waals surface area (Å²) in [6, 6.07) is 7.48. The maximum atomic E-state index is 13.5. The highest BCUT2D eigenvalue weighted by molar-refractivity contribution is 5.47. The van der Waals surface area contributed by atoms with Gasteiger partial charge in [0.15, 0.2) is 0 Å². The van der Waals surface area contributed by atoms with Crippen molar-refractivity contribution >= 4 is 5.69 Å². The van der Waals surface area contributed by atoms with Crippen LogP contribution in [0.1, 0.15) is 40.5 Å². The van der Waals surface area contributed by atoms with Crippen molar-refractivity contribution in [2.75, 3.05) is 24.5 Å². The van der Waals surface area contributed by atoms with Gasteiger partial charge >= 0.3 is 0 Å². The van der Waals surface area contributed by atoms with Gasteiger partial charge < -0.3 is 10.2 Å². The Morgan fingerprint density at radius 1 is 1.29 bits per heavy atom. The Morgan fingerprint density at radius 2 is 2.05 bits per heavy atom. The van der Waals surface area contributed by atoms with E-state index in [1.54, 1.807) is 12.1 Å². The van der Waals surface area contributed by atoms with Crippen LogP contribution in [0.2, 0.25) is 0 Å². The molecule has 2 unspecified atom stereocenters. The molecule has 0 amide bonds. The van der Waals surface area contributed by atoms with Crippen LogP contribution in [-0.4, -0.2) is 25.7 Å². The molecule has 1 fully saturated rings. The summed E-state index contributed by atoms with van der Waals surface area (Å²) in [4.78, 5) is 2.33. The molecule has 1 saturated heterocycles. The van der Waals surface area contributed by atoms with Crippen LogP contribution in [0.25, 0.3) is 0 Å². The highest BCUT2D eigenvalue weighted by Gasteiger charge is 2.27. The number of benzene rings is 1. The number of nitrogens with zero attached hydrogens (tertiary/aromatic N) is 1. The fourth-order valence-corrected chi connectivity index (χ4v) is 2.98. The Morgan fingerprint density at radius 3 is 2.67 bits per heavy atom. The summed E-state index contributed by atoms with van der Waals surface area (Å²) in [6.07, 6.45) is 2.40. The summed E-state index contributed by atoms with van der Waals surface area (Å²) >= 11 is 0. The van der Waals surface area contributed by atoms with E-state index in [4.69, 9.17) is 0 Å². The Labute approximate surface area is 128 Å². The van der Waals surface area contributed by atoms with Crippen molar-refractivity contribution in [3.8, 4) is 0 Å². The summed E-state index contributed by atoms with van der Waals surface area (Å²) in [5.41, 5.74) is 1.30. The monoisotopic (exact) mass is 292 g/mol. The van der Waals surface area contributed by atoms with Crippen molar-refractivity contribution in [3.05, 3.63) is 30.1 Å². The molecular formula is C18H29FN2. The molecule has 1 N–H and O–H groups in total. The zero-order chi connectivity index (χ0) is 15.5. The minimum absolute atomic E-state index is 0.148. The van der Waals surface area contributed by atoms with Crippen LogP contribution in [-0.2, 0) is 0 Å². The van der Waals surface area contributed by atoms with Crippen molar-refractivity contribution in [1.29, 1.82) is 0 Å². The van der Waals surface area contributed by atoms with Gasteiger partial charge in [0.05, 0.1) is 0 Å². The third-order valence-corrected chi connectivity index (χ3v) is 4.21. The van der Waals surface area contributed by atoms with Gasteiger partial charge in [-0.05, 0) is 36.0 Å². The smallest absolute Gasteiger partial charge is 0.125 e. The van der Waals surface area contributed by atoms with Gasteiger partial charge in [0.25, 0.3) is 0 Å². The largest absolute Gasteiger partial charge is 0.370 e. The average molecular weight is 292 g/mol. The lowest BCUT2D eigenvalue weighted by Gasteiger charge is -2.40. The Kier molecular flexibility index (Phi) is 5.26. The van der Waals surface area contributed by atoms with E-state index in [1.165, 1.54) is 18.9 Å². The van der Waals surface area contributed by atoms with E-state index in [9.17, 15) is 4.39 Å². The molecular weight excluding hydrogens is 263 g/mol. The highest BCUT2D eigenvalue weighted by atomic mass is 19.1. The van der Waals surface area contributed by atoms with E-state index in [2.05, 4.69) is 37.9 Å². The summed E-state index contributed by atoms with van der Waals surface area (Å²) in [5, 5.41) is 3.70. The lowest BCUT2D eigenvalue weighted by atomic mass is 9.90. The lowest BCUT2D eigenvalue weighted by molar-refractivity contribution is 0.287. The van der Waals surface area contributed by atoms with E-state index >= 15 is 0 Å². The molecule has 1 aromatic carbocycles.